The molecule has 0 aliphatic carbocycles. The number of carbonyl (C=O) groups excluding carboxylic acids is 3. The molecule has 30 heavy (non-hydrogen) atoms. The van der Waals surface area contributed by atoms with Crippen LogP contribution in [0.3, 0.4) is 0 Å². The smallest absolute Gasteiger partial charge is 0.397 e. The van der Waals surface area contributed by atoms with Gasteiger partial charge in [0, 0.05) is 17.7 Å². The average Bonchev–Trinajstić information content (AvgIpc) is 2.71. The van der Waals surface area contributed by atoms with Gasteiger partial charge in [0.1, 0.15) is 11.5 Å². The monoisotopic (exact) mass is 414 g/mol. The van der Waals surface area contributed by atoms with Crippen LogP contribution in [0.25, 0.3) is 0 Å². The van der Waals surface area contributed by atoms with Crippen molar-refractivity contribution in [2.24, 2.45) is 0 Å². The number of esters is 1. The number of rotatable bonds is 8. The Balaban J connectivity index is 2.39. The SMILES string of the molecule is CCOC(=O)C(=O)Nc1cc(OCC)c(NC(=O)c2ccccc2C)cc1OCC. The van der Waals surface area contributed by atoms with Crippen molar-refractivity contribution in [2.45, 2.75) is 27.7 Å². The zero-order chi connectivity index (χ0) is 22.1. The van der Waals surface area contributed by atoms with Crippen LogP contribution in [-0.4, -0.2) is 37.6 Å². The molecule has 0 fully saturated rings. The quantitative estimate of drug-likeness (QED) is 0.506. The van der Waals surface area contributed by atoms with Crippen LogP contribution in [0.1, 0.15) is 36.7 Å². The van der Waals surface area contributed by atoms with Crippen molar-refractivity contribution in [1.82, 2.24) is 0 Å². The summed E-state index contributed by atoms with van der Waals surface area (Å²) in [5, 5.41) is 5.30. The van der Waals surface area contributed by atoms with Gasteiger partial charge in [-0.25, -0.2) is 4.79 Å². The van der Waals surface area contributed by atoms with Crippen LogP contribution in [0.5, 0.6) is 11.5 Å². The maximum Gasteiger partial charge on any atom is 0.397 e. The standard InChI is InChI=1S/C22H26N2O6/c1-5-28-18-13-17(24-21(26)22(27)30-7-3)19(29-6-2)12-16(18)23-20(25)15-11-9-8-10-14(15)4/h8-13H,5-7H2,1-4H3,(H,23,25)(H,24,26). The van der Waals surface area contributed by atoms with Gasteiger partial charge in [0.05, 0.1) is 31.2 Å². The first-order valence-corrected chi connectivity index (χ1v) is 9.69. The first kappa shape index (κ1) is 22.7. The Morgan fingerprint density at radius 2 is 1.40 bits per heavy atom. The number of amides is 2. The second-order valence-electron chi connectivity index (χ2n) is 6.15. The van der Waals surface area contributed by atoms with Crippen LogP contribution in [0, 0.1) is 6.92 Å². The molecule has 2 N–H and O–H groups in total. The van der Waals surface area contributed by atoms with Crippen molar-refractivity contribution in [2.75, 3.05) is 30.5 Å². The van der Waals surface area contributed by atoms with E-state index >= 15 is 0 Å². The fourth-order valence-corrected chi connectivity index (χ4v) is 2.69. The Labute approximate surface area is 175 Å². The topological polar surface area (TPSA) is 103 Å². The molecule has 160 valence electrons. The van der Waals surface area contributed by atoms with Crippen molar-refractivity contribution in [3.8, 4) is 11.5 Å². The summed E-state index contributed by atoms with van der Waals surface area (Å²) < 4.78 is 15.9. The molecule has 0 unspecified atom stereocenters. The van der Waals surface area contributed by atoms with E-state index in [2.05, 4.69) is 10.6 Å². The van der Waals surface area contributed by atoms with Crippen LogP contribution >= 0.6 is 0 Å². The van der Waals surface area contributed by atoms with Crippen molar-refractivity contribution in [1.29, 1.82) is 0 Å². The van der Waals surface area contributed by atoms with Crippen LogP contribution in [-0.2, 0) is 14.3 Å². The highest BCUT2D eigenvalue weighted by molar-refractivity contribution is 6.37. The minimum atomic E-state index is -1.00. The maximum atomic E-state index is 12.7. The summed E-state index contributed by atoms with van der Waals surface area (Å²) in [5.41, 5.74) is 1.96. The van der Waals surface area contributed by atoms with Crippen molar-refractivity contribution in [3.63, 3.8) is 0 Å². The molecule has 0 radical (unpaired) electrons. The van der Waals surface area contributed by atoms with E-state index in [0.717, 1.165) is 5.56 Å². The van der Waals surface area contributed by atoms with Gasteiger partial charge in [0.2, 0.25) is 0 Å². The third-order valence-electron chi connectivity index (χ3n) is 4.03. The Hall–Kier alpha value is -3.55. The van der Waals surface area contributed by atoms with E-state index in [4.69, 9.17) is 14.2 Å². The van der Waals surface area contributed by atoms with Gasteiger partial charge in [-0.3, -0.25) is 9.59 Å². The largest absolute Gasteiger partial charge is 0.492 e. The average molecular weight is 414 g/mol. The second-order valence-corrected chi connectivity index (χ2v) is 6.15. The highest BCUT2D eigenvalue weighted by Crippen LogP contribution is 2.37. The molecule has 8 heteroatoms. The molecule has 0 bridgehead atoms. The first-order valence-electron chi connectivity index (χ1n) is 9.69. The van der Waals surface area contributed by atoms with E-state index in [0.29, 0.717) is 30.2 Å². The number of hydrogen-bond acceptors (Lipinski definition) is 6. The van der Waals surface area contributed by atoms with Gasteiger partial charge >= 0.3 is 11.9 Å². The molecule has 0 heterocycles. The summed E-state index contributed by atoms with van der Waals surface area (Å²) in [5.74, 6) is -1.65. The van der Waals surface area contributed by atoms with Gasteiger partial charge in [-0.05, 0) is 39.3 Å². The number of nitrogens with one attached hydrogen (secondary N) is 2. The Kier molecular flexibility index (Phi) is 8.22. The van der Waals surface area contributed by atoms with Gasteiger partial charge < -0.3 is 24.8 Å². The zero-order valence-corrected chi connectivity index (χ0v) is 17.5. The Morgan fingerprint density at radius 3 is 1.93 bits per heavy atom. The number of aryl methyl sites for hydroxylation is 1. The Bertz CT molecular complexity index is 926. The molecule has 0 spiro atoms. The molecule has 0 aliphatic rings. The normalized spacial score (nSPS) is 10.1. The van der Waals surface area contributed by atoms with Crippen LogP contribution in [0.4, 0.5) is 11.4 Å². The fraction of sp³-hybridized carbons (Fsp3) is 0.318. The van der Waals surface area contributed by atoms with Crippen molar-refractivity contribution >= 4 is 29.2 Å². The molecular formula is C22H26N2O6. The second kappa shape index (κ2) is 10.8. The predicted octanol–water partition coefficient (Wildman–Crippen LogP) is 3.55. The summed E-state index contributed by atoms with van der Waals surface area (Å²) in [6, 6.07) is 10.3. The molecule has 2 amide bonds. The maximum absolute atomic E-state index is 12.7. The lowest BCUT2D eigenvalue weighted by atomic mass is 10.1. The van der Waals surface area contributed by atoms with Crippen molar-refractivity contribution < 1.29 is 28.6 Å². The number of carbonyl (C=O) groups is 3. The Morgan fingerprint density at radius 1 is 0.833 bits per heavy atom. The molecular weight excluding hydrogens is 388 g/mol. The molecule has 2 aromatic rings. The molecule has 2 aromatic carbocycles. The third kappa shape index (κ3) is 5.73. The van der Waals surface area contributed by atoms with Crippen molar-refractivity contribution in [3.05, 3.63) is 47.5 Å². The van der Waals surface area contributed by atoms with E-state index < -0.39 is 11.9 Å². The molecule has 0 aromatic heterocycles. The van der Waals surface area contributed by atoms with Gasteiger partial charge in [0.15, 0.2) is 0 Å². The van der Waals surface area contributed by atoms with E-state index in [1.807, 2.05) is 19.1 Å². The summed E-state index contributed by atoms with van der Waals surface area (Å²) in [6.07, 6.45) is 0. The fourth-order valence-electron chi connectivity index (χ4n) is 2.69. The first-order chi connectivity index (χ1) is 14.4. The van der Waals surface area contributed by atoms with Gasteiger partial charge in [0.25, 0.3) is 5.91 Å². The summed E-state index contributed by atoms with van der Waals surface area (Å²) in [7, 11) is 0. The number of ether oxygens (including phenoxy) is 3. The minimum Gasteiger partial charge on any atom is -0.492 e. The van der Waals surface area contributed by atoms with Crippen LogP contribution in [0.15, 0.2) is 36.4 Å². The highest BCUT2D eigenvalue weighted by atomic mass is 16.5. The molecule has 0 atom stereocenters. The molecule has 2 rings (SSSR count). The van der Waals surface area contributed by atoms with Crippen LogP contribution in [0.2, 0.25) is 0 Å². The van der Waals surface area contributed by atoms with E-state index in [9.17, 15) is 14.4 Å². The minimum absolute atomic E-state index is 0.0820. The summed E-state index contributed by atoms with van der Waals surface area (Å²) in [4.78, 5) is 36.5. The lowest BCUT2D eigenvalue weighted by molar-refractivity contribution is -0.152. The van der Waals surface area contributed by atoms with Gasteiger partial charge in [-0.15, -0.1) is 0 Å². The lowest BCUT2D eigenvalue weighted by Crippen LogP contribution is -2.25. The zero-order valence-electron chi connectivity index (χ0n) is 17.5. The van der Waals surface area contributed by atoms with Crippen LogP contribution < -0.4 is 20.1 Å². The highest BCUT2D eigenvalue weighted by Gasteiger charge is 2.21. The van der Waals surface area contributed by atoms with E-state index in [1.165, 1.54) is 6.07 Å². The number of benzene rings is 2. The molecule has 8 nitrogen and oxygen atoms in total. The summed E-state index contributed by atoms with van der Waals surface area (Å²) >= 11 is 0. The summed E-state index contributed by atoms with van der Waals surface area (Å²) in [6.45, 7) is 7.74. The lowest BCUT2D eigenvalue weighted by Gasteiger charge is -2.18. The number of anilines is 2. The van der Waals surface area contributed by atoms with E-state index in [-0.39, 0.29) is 24.0 Å². The van der Waals surface area contributed by atoms with Gasteiger partial charge in [-0.2, -0.15) is 0 Å². The third-order valence-corrected chi connectivity index (χ3v) is 4.03. The van der Waals surface area contributed by atoms with E-state index in [1.54, 1.807) is 39.0 Å². The van der Waals surface area contributed by atoms with Gasteiger partial charge in [-0.1, -0.05) is 18.2 Å². The molecule has 0 saturated carbocycles. The molecule has 0 aliphatic heterocycles. The number of hydrogen-bond donors (Lipinski definition) is 2. The predicted molar refractivity (Wildman–Crippen MR) is 113 cm³/mol. The molecule has 0 saturated heterocycles.